The monoisotopic (exact) mass is 214 g/mol. The molecule has 1 heterocycles. The van der Waals surface area contributed by atoms with Gasteiger partial charge in [0, 0.05) is 19.2 Å². The normalized spacial score (nSPS) is 20.8. The van der Waals surface area contributed by atoms with Crippen LogP contribution in [0.3, 0.4) is 0 Å². The fraction of sp³-hybridized carbons (Fsp3) is 1.00. The van der Waals surface area contributed by atoms with Crippen molar-refractivity contribution in [3.05, 3.63) is 0 Å². The first-order valence-electron chi connectivity index (χ1n) is 6.09. The van der Waals surface area contributed by atoms with Crippen LogP contribution in [0.2, 0.25) is 0 Å². The largest absolute Gasteiger partial charge is 0.375 e. The van der Waals surface area contributed by atoms with Crippen molar-refractivity contribution in [2.24, 2.45) is 0 Å². The van der Waals surface area contributed by atoms with E-state index < -0.39 is 0 Å². The molecule has 1 rings (SSSR count). The first kappa shape index (κ1) is 12.9. The highest BCUT2D eigenvalue weighted by Crippen LogP contribution is 2.11. The van der Waals surface area contributed by atoms with Crippen LogP contribution in [0.4, 0.5) is 0 Å². The highest BCUT2D eigenvalue weighted by atomic mass is 16.5. The summed E-state index contributed by atoms with van der Waals surface area (Å²) in [5, 5.41) is 3.62. The molecule has 0 radical (unpaired) electrons. The first-order chi connectivity index (χ1) is 7.03. The van der Waals surface area contributed by atoms with Gasteiger partial charge in [0.1, 0.15) is 0 Å². The molecule has 0 unspecified atom stereocenters. The third-order valence-corrected chi connectivity index (χ3v) is 3.07. The van der Waals surface area contributed by atoms with E-state index >= 15 is 0 Å². The van der Waals surface area contributed by atoms with Gasteiger partial charge in [0.05, 0.1) is 5.60 Å². The van der Waals surface area contributed by atoms with Gasteiger partial charge in [-0.05, 0) is 53.8 Å². The molecule has 0 atom stereocenters. The Balaban J connectivity index is 2.19. The topological polar surface area (TPSA) is 24.5 Å². The molecule has 1 saturated heterocycles. The third-order valence-electron chi connectivity index (χ3n) is 3.07. The zero-order chi connectivity index (χ0) is 11.3. The lowest BCUT2D eigenvalue weighted by molar-refractivity contribution is -0.0118. The van der Waals surface area contributed by atoms with Crippen molar-refractivity contribution in [3.8, 4) is 0 Å². The number of rotatable bonds is 5. The van der Waals surface area contributed by atoms with Gasteiger partial charge >= 0.3 is 0 Å². The van der Waals surface area contributed by atoms with Crippen molar-refractivity contribution in [2.45, 2.75) is 45.3 Å². The lowest BCUT2D eigenvalue weighted by Gasteiger charge is -2.33. The number of hydrogen-bond donors (Lipinski definition) is 1. The summed E-state index contributed by atoms with van der Waals surface area (Å²) < 4.78 is 5.67. The summed E-state index contributed by atoms with van der Waals surface area (Å²) in [6, 6.07) is 0.681. The number of ether oxygens (including phenoxy) is 1. The van der Waals surface area contributed by atoms with Gasteiger partial charge < -0.3 is 15.0 Å². The van der Waals surface area contributed by atoms with Crippen LogP contribution in [-0.2, 0) is 4.74 Å². The Morgan fingerprint density at radius 1 is 1.33 bits per heavy atom. The molecule has 0 spiro atoms. The summed E-state index contributed by atoms with van der Waals surface area (Å²) >= 11 is 0. The molecule has 1 aliphatic rings. The molecule has 1 fully saturated rings. The average molecular weight is 214 g/mol. The van der Waals surface area contributed by atoms with Crippen LogP contribution in [0, 0.1) is 0 Å². The SMILES string of the molecule is CCOC(C)(C)CNC1CCN(C)CC1. The molecule has 90 valence electrons. The Hall–Kier alpha value is -0.120. The summed E-state index contributed by atoms with van der Waals surface area (Å²) in [5.74, 6) is 0. The number of nitrogens with zero attached hydrogens (tertiary/aromatic N) is 1. The minimum absolute atomic E-state index is 0.0297. The Kier molecular flexibility index (Phi) is 5.03. The summed E-state index contributed by atoms with van der Waals surface area (Å²) in [5.41, 5.74) is -0.0297. The second-order valence-corrected chi connectivity index (χ2v) is 5.15. The molecule has 0 amide bonds. The predicted molar refractivity (Wildman–Crippen MR) is 64.2 cm³/mol. The summed E-state index contributed by atoms with van der Waals surface area (Å²) in [4.78, 5) is 2.39. The second kappa shape index (κ2) is 5.83. The van der Waals surface area contributed by atoms with Crippen LogP contribution in [0.1, 0.15) is 33.6 Å². The van der Waals surface area contributed by atoms with Gasteiger partial charge in [0.25, 0.3) is 0 Å². The molecule has 0 aromatic heterocycles. The lowest BCUT2D eigenvalue weighted by Crippen LogP contribution is -2.46. The molecule has 0 aromatic carbocycles. The van der Waals surface area contributed by atoms with Gasteiger partial charge in [-0.2, -0.15) is 0 Å². The molecule has 0 saturated carbocycles. The van der Waals surface area contributed by atoms with E-state index in [9.17, 15) is 0 Å². The highest BCUT2D eigenvalue weighted by molar-refractivity contribution is 4.80. The van der Waals surface area contributed by atoms with Crippen LogP contribution in [-0.4, -0.2) is 49.8 Å². The zero-order valence-corrected chi connectivity index (χ0v) is 10.7. The smallest absolute Gasteiger partial charge is 0.0750 e. The first-order valence-corrected chi connectivity index (χ1v) is 6.09. The Bertz CT molecular complexity index is 174. The maximum absolute atomic E-state index is 5.67. The predicted octanol–water partition coefficient (Wildman–Crippen LogP) is 1.49. The zero-order valence-electron chi connectivity index (χ0n) is 10.7. The van der Waals surface area contributed by atoms with E-state index in [0.717, 1.165) is 13.2 Å². The summed E-state index contributed by atoms with van der Waals surface area (Å²) in [6.45, 7) is 10.5. The van der Waals surface area contributed by atoms with Gasteiger partial charge in [-0.25, -0.2) is 0 Å². The van der Waals surface area contributed by atoms with Crippen molar-refractivity contribution in [1.29, 1.82) is 0 Å². The molecular formula is C12H26N2O. The van der Waals surface area contributed by atoms with Gasteiger partial charge in [-0.1, -0.05) is 0 Å². The fourth-order valence-corrected chi connectivity index (χ4v) is 2.04. The van der Waals surface area contributed by atoms with Crippen LogP contribution in [0.25, 0.3) is 0 Å². The van der Waals surface area contributed by atoms with Crippen molar-refractivity contribution < 1.29 is 4.74 Å². The molecule has 15 heavy (non-hydrogen) atoms. The maximum atomic E-state index is 5.67. The van der Waals surface area contributed by atoms with Crippen LogP contribution < -0.4 is 5.32 Å². The van der Waals surface area contributed by atoms with E-state index in [2.05, 4.69) is 38.0 Å². The van der Waals surface area contributed by atoms with E-state index in [1.807, 2.05) is 0 Å². The third kappa shape index (κ3) is 4.96. The van der Waals surface area contributed by atoms with Gasteiger partial charge in [-0.15, -0.1) is 0 Å². The molecule has 0 aromatic rings. The molecule has 1 N–H and O–H groups in total. The number of nitrogens with one attached hydrogen (secondary N) is 1. The van der Waals surface area contributed by atoms with E-state index in [-0.39, 0.29) is 5.60 Å². The lowest BCUT2D eigenvalue weighted by atomic mass is 10.0. The standard InChI is InChI=1S/C12H26N2O/c1-5-15-12(2,3)10-13-11-6-8-14(4)9-7-11/h11,13H,5-10H2,1-4H3. The maximum Gasteiger partial charge on any atom is 0.0750 e. The Labute approximate surface area is 94.2 Å². The van der Waals surface area contributed by atoms with Gasteiger partial charge in [-0.3, -0.25) is 0 Å². The van der Waals surface area contributed by atoms with Crippen molar-refractivity contribution in [3.63, 3.8) is 0 Å². The van der Waals surface area contributed by atoms with E-state index in [1.165, 1.54) is 25.9 Å². The molecule has 3 heteroatoms. The van der Waals surface area contributed by atoms with Crippen LogP contribution >= 0.6 is 0 Å². The number of piperidine rings is 1. The molecule has 0 bridgehead atoms. The number of hydrogen-bond acceptors (Lipinski definition) is 3. The highest BCUT2D eigenvalue weighted by Gasteiger charge is 2.21. The second-order valence-electron chi connectivity index (χ2n) is 5.15. The molecular weight excluding hydrogens is 188 g/mol. The van der Waals surface area contributed by atoms with E-state index in [0.29, 0.717) is 6.04 Å². The quantitative estimate of drug-likeness (QED) is 0.750. The Morgan fingerprint density at radius 3 is 2.47 bits per heavy atom. The Morgan fingerprint density at radius 2 is 1.93 bits per heavy atom. The van der Waals surface area contributed by atoms with Gasteiger partial charge in [0.2, 0.25) is 0 Å². The molecule has 0 aliphatic carbocycles. The minimum Gasteiger partial charge on any atom is -0.375 e. The van der Waals surface area contributed by atoms with Crippen molar-refractivity contribution >= 4 is 0 Å². The van der Waals surface area contributed by atoms with Crippen LogP contribution in [0.15, 0.2) is 0 Å². The van der Waals surface area contributed by atoms with E-state index in [4.69, 9.17) is 4.74 Å². The number of likely N-dealkylation sites (tertiary alicyclic amines) is 1. The molecule has 1 aliphatic heterocycles. The molecule has 3 nitrogen and oxygen atoms in total. The van der Waals surface area contributed by atoms with Gasteiger partial charge in [0.15, 0.2) is 0 Å². The van der Waals surface area contributed by atoms with Crippen molar-refractivity contribution in [1.82, 2.24) is 10.2 Å². The van der Waals surface area contributed by atoms with Crippen LogP contribution in [0.5, 0.6) is 0 Å². The summed E-state index contributed by atoms with van der Waals surface area (Å²) in [7, 11) is 2.19. The van der Waals surface area contributed by atoms with E-state index in [1.54, 1.807) is 0 Å². The van der Waals surface area contributed by atoms with Crippen molar-refractivity contribution in [2.75, 3.05) is 33.3 Å². The fourth-order valence-electron chi connectivity index (χ4n) is 2.04. The minimum atomic E-state index is -0.0297. The average Bonchev–Trinajstić information content (AvgIpc) is 2.17. The summed E-state index contributed by atoms with van der Waals surface area (Å²) in [6.07, 6.45) is 2.53.